The van der Waals surface area contributed by atoms with Crippen molar-refractivity contribution < 1.29 is 9.13 Å². The van der Waals surface area contributed by atoms with Gasteiger partial charge in [-0.25, -0.2) is 8.70 Å². The van der Waals surface area contributed by atoms with Crippen molar-refractivity contribution in [3.63, 3.8) is 0 Å². The van der Waals surface area contributed by atoms with E-state index in [2.05, 4.69) is 14.2 Å². The molecule has 1 aromatic rings. The summed E-state index contributed by atoms with van der Waals surface area (Å²) in [5.41, 5.74) is 1.16. The summed E-state index contributed by atoms with van der Waals surface area (Å²) in [6, 6.07) is 4.66. The standard InChI is InChI=1S/C20H28FN3OS/c1-14-16(4-5-17(22-14)18(2,3)21)26-24-10-20(11-24)8-23(9-20)15-6-19(7-15)12-25-13-19/h4-5,15H,6-13H2,1-3H3. The van der Waals surface area contributed by atoms with Crippen molar-refractivity contribution in [3.05, 3.63) is 23.5 Å². The van der Waals surface area contributed by atoms with Crippen molar-refractivity contribution in [1.29, 1.82) is 0 Å². The Morgan fingerprint density at radius 3 is 2.38 bits per heavy atom. The van der Waals surface area contributed by atoms with Crippen LogP contribution in [0.2, 0.25) is 0 Å². The minimum absolute atomic E-state index is 0.518. The molecular formula is C20H28FN3OS. The Morgan fingerprint density at radius 1 is 1.15 bits per heavy atom. The van der Waals surface area contributed by atoms with Crippen LogP contribution in [0.4, 0.5) is 4.39 Å². The molecule has 1 aliphatic carbocycles. The Hall–Kier alpha value is -0.690. The van der Waals surface area contributed by atoms with Crippen LogP contribution in [0, 0.1) is 17.8 Å². The first kappa shape index (κ1) is 17.4. The second kappa shape index (κ2) is 5.66. The van der Waals surface area contributed by atoms with Gasteiger partial charge in [-0.15, -0.1) is 0 Å². The molecule has 142 valence electrons. The van der Waals surface area contributed by atoms with E-state index in [1.54, 1.807) is 25.8 Å². The monoisotopic (exact) mass is 377 g/mol. The molecule has 1 saturated carbocycles. The van der Waals surface area contributed by atoms with Gasteiger partial charge in [-0.2, -0.15) is 0 Å². The van der Waals surface area contributed by atoms with Gasteiger partial charge in [0.1, 0.15) is 5.67 Å². The van der Waals surface area contributed by atoms with E-state index in [-0.39, 0.29) is 0 Å². The molecule has 1 aromatic heterocycles. The van der Waals surface area contributed by atoms with Crippen LogP contribution in [0.5, 0.6) is 0 Å². The number of halogens is 1. The number of aromatic nitrogens is 1. The predicted molar refractivity (Wildman–Crippen MR) is 101 cm³/mol. The Morgan fingerprint density at radius 2 is 1.85 bits per heavy atom. The molecule has 4 fully saturated rings. The molecule has 4 aliphatic rings. The van der Waals surface area contributed by atoms with Gasteiger partial charge in [0.2, 0.25) is 0 Å². The molecule has 5 rings (SSSR count). The van der Waals surface area contributed by atoms with Gasteiger partial charge in [0.15, 0.2) is 0 Å². The highest BCUT2D eigenvalue weighted by atomic mass is 32.2. The molecule has 0 bridgehead atoms. The molecule has 6 heteroatoms. The molecule has 2 spiro atoms. The fourth-order valence-electron chi connectivity index (χ4n) is 4.98. The lowest BCUT2D eigenvalue weighted by molar-refractivity contribution is -0.211. The molecular weight excluding hydrogens is 349 g/mol. The first-order chi connectivity index (χ1) is 12.3. The number of nitrogens with zero attached hydrogens (tertiary/aromatic N) is 3. The number of pyridine rings is 1. The highest BCUT2D eigenvalue weighted by Gasteiger charge is 2.58. The fraction of sp³-hybridized carbons (Fsp3) is 0.750. The first-order valence-corrected chi connectivity index (χ1v) is 10.5. The zero-order valence-electron chi connectivity index (χ0n) is 15.9. The highest BCUT2D eigenvalue weighted by Crippen LogP contribution is 2.53. The van der Waals surface area contributed by atoms with Crippen molar-refractivity contribution in [1.82, 2.24) is 14.2 Å². The lowest BCUT2D eigenvalue weighted by Gasteiger charge is -2.66. The maximum absolute atomic E-state index is 14.0. The van der Waals surface area contributed by atoms with Crippen molar-refractivity contribution in [3.8, 4) is 0 Å². The van der Waals surface area contributed by atoms with Crippen LogP contribution >= 0.6 is 11.9 Å². The quantitative estimate of drug-likeness (QED) is 0.750. The molecule has 3 aliphatic heterocycles. The maximum atomic E-state index is 14.0. The number of ether oxygens (including phenoxy) is 1. The molecule has 0 radical (unpaired) electrons. The highest BCUT2D eigenvalue weighted by molar-refractivity contribution is 7.97. The molecule has 4 heterocycles. The summed E-state index contributed by atoms with van der Waals surface area (Å²) in [6.45, 7) is 11.9. The average Bonchev–Trinajstić information content (AvgIpc) is 2.39. The van der Waals surface area contributed by atoms with Gasteiger partial charge in [0, 0.05) is 47.9 Å². The predicted octanol–water partition coefficient (Wildman–Crippen LogP) is 3.40. The average molecular weight is 378 g/mol. The van der Waals surface area contributed by atoms with Crippen LogP contribution in [0.1, 0.15) is 38.1 Å². The van der Waals surface area contributed by atoms with E-state index in [9.17, 15) is 4.39 Å². The van der Waals surface area contributed by atoms with Gasteiger partial charge in [-0.05, 0) is 57.7 Å². The maximum Gasteiger partial charge on any atom is 0.147 e. The molecule has 0 unspecified atom stereocenters. The Kier molecular flexibility index (Phi) is 3.79. The van der Waals surface area contributed by atoms with E-state index >= 15 is 0 Å². The number of aryl methyl sites for hydroxylation is 1. The van der Waals surface area contributed by atoms with E-state index < -0.39 is 5.67 Å². The summed E-state index contributed by atoms with van der Waals surface area (Å²) >= 11 is 1.78. The minimum Gasteiger partial charge on any atom is -0.380 e. The molecule has 0 atom stereocenters. The molecule has 4 nitrogen and oxygen atoms in total. The smallest absolute Gasteiger partial charge is 0.147 e. The third-order valence-corrected chi connectivity index (χ3v) is 7.79. The molecule has 0 amide bonds. The van der Waals surface area contributed by atoms with E-state index in [1.165, 1.54) is 25.9 Å². The normalized spacial score (nSPS) is 27.7. The zero-order chi connectivity index (χ0) is 18.2. The van der Waals surface area contributed by atoms with Crippen LogP contribution in [0.3, 0.4) is 0 Å². The van der Waals surface area contributed by atoms with E-state index in [0.717, 1.165) is 42.9 Å². The second-order valence-corrected chi connectivity index (χ2v) is 10.7. The summed E-state index contributed by atoms with van der Waals surface area (Å²) in [4.78, 5) is 8.31. The summed E-state index contributed by atoms with van der Waals surface area (Å²) in [6.07, 6.45) is 2.70. The number of alkyl halides is 1. The van der Waals surface area contributed by atoms with Crippen LogP contribution < -0.4 is 0 Å². The lowest BCUT2D eigenvalue weighted by Crippen LogP contribution is -2.74. The molecule has 0 aromatic carbocycles. The van der Waals surface area contributed by atoms with Crippen LogP contribution in [-0.2, 0) is 10.4 Å². The van der Waals surface area contributed by atoms with Gasteiger partial charge in [0.05, 0.1) is 24.6 Å². The summed E-state index contributed by atoms with van der Waals surface area (Å²) in [5.74, 6) is 0. The Labute approximate surface area is 159 Å². The third kappa shape index (κ3) is 2.81. The third-order valence-electron chi connectivity index (χ3n) is 6.64. The van der Waals surface area contributed by atoms with E-state index in [0.29, 0.717) is 16.5 Å². The summed E-state index contributed by atoms with van der Waals surface area (Å²) < 4.78 is 21.9. The number of likely N-dealkylation sites (tertiary alicyclic amines) is 1. The summed E-state index contributed by atoms with van der Waals surface area (Å²) in [7, 11) is 0. The molecule has 26 heavy (non-hydrogen) atoms. The van der Waals surface area contributed by atoms with Crippen molar-refractivity contribution >= 4 is 11.9 Å². The van der Waals surface area contributed by atoms with Gasteiger partial charge in [-0.1, -0.05) is 0 Å². The van der Waals surface area contributed by atoms with E-state index in [4.69, 9.17) is 4.74 Å². The van der Waals surface area contributed by atoms with Crippen molar-refractivity contribution in [2.45, 2.75) is 50.2 Å². The zero-order valence-corrected chi connectivity index (χ0v) is 16.7. The van der Waals surface area contributed by atoms with Gasteiger partial charge in [0.25, 0.3) is 0 Å². The molecule has 3 saturated heterocycles. The Bertz CT molecular complexity index is 708. The number of hydrogen-bond donors (Lipinski definition) is 0. The lowest BCUT2D eigenvalue weighted by atomic mass is 9.61. The fourth-order valence-corrected chi connectivity index (χ4v) is 6.24. The van der Waals surface area contributed by atoms with Crippen LogP contribution in [0.15, 0.2) is 17.0 Å². The first-order valence-electron chi connectivity index (χ1n) is 9.68. The topological polar surface area (TPSA) is 28.6 Å². The van der Waals surface area contributed by atoms with Crippen molar-refractivity contribution in [2.24, 2.45) is 10.8 Å². The molecule has 0 N–H and O–H groups in total. The largest absolute Gasteiger partial charge is 0.380 e. The Balaban J connectivity index is 1.11. The van der Waals surface area contributed by atoms with E-state index in [1.807, 2.05) is 19.1 Å². The van der Waals surface area contributed by atoms with Crippen LogP contribution in [-0.4, -0.2) is 59.6 Å². The second-order valence-electron chi connectivity index (χ2n) is 9.60. The van der Waals surface area contributed by atoms with Crippen molar-refractivity contribution in [2.75, 3.05) is 39.4 Å². The van der Waals surface area contributed by atoms with Gasteiger partial charge >= 0.3 is 0 Å². The summed E-state index contributed by atoms with van der Waals surface area (Å²) in [5, 5.41) is 0. The van der Waals surface area contributed by atoms with Gasteiger partial charge < -0.3 is 4.74 Å². The minimum atomic E-state index is -1.38. The van der Waals surface area contributed by atoms with Crippen LogP contribution in [0.25, 0.3) is 0 Å². The van der Waals surface area contributed by atoms with Gasteiger partial charge in [-0.3, -0.25) is 9.88 Å². The number of hydrogen-bond acceptors (Lipinski definition) is 5. The SMILES string of the molecule is Cc1nc(C(C)(C)F)ccc1SN1CC2(C1)CN(C1CC3(COC3)C1)C2. The number of rotatable bonds is 4.